The van der Waals surface area contributed by atoms with E-state index in [9.17, 15) is 18.8 Å². The van der Waals surface area contributed by atoms with Gasteiger partial charge in [0.2, 0.25) is 11.7 Å². The molecule has 8 nitrogen and oxygen atoms in total. The van der Waals surface area contributed by atoms with Crippen LogP contribution in [0.4, 0.5) is 4.39 Å². The minimum atomic E-state index is -0.647. The minimum Gasteiger partial charge on any atom is -0.367 e. The van der Waals surface area contributed by atoms with Crippen LogP contribution in [0.25, 0.3) is 0 Å². The van der Waals surface area contributed by atoms with Crippen LogP contribution in [0.15, 0.2) is 29.6 Å². The van der Waals surface area contributed by atoms with E-state index in [0.717, 1.165) is 12.8 Å². The van der Waals surface area contributed by atoms with Gasteiger partial charge in [-0.2, -0.15) is 0 Å². The average molecular weight is 517 g/mol. The van der Waals surface area contributed by atoms with E-state index >= 15 is 0 Å². The highest BCUT2D eigenvalue weighted by atomic mass is 32.1. The number of benzene rings is 1. The summed E-state index contributed by atoms with van der Waals surface area (Å²) in [5.41, 5.74) is 6.54. The van der Waals surface area contributed by atoms with Gasteiger partial charge in [0.25, 0.3) is 0 Å². The number of ketones is 1. The molecule has 2 fully saturated rings. The maximum Gasteiger partial charge on any atom is 0.330 e. The smallest absolute Gasteiger partial charge is 0.330 e. The van der Waals surface area contributed by atoms with E-state index < -0.39 is 17.3 Å². The molecule has 10 heteroatoms. The van der Waals surface area contributed by atoms with Crippen LogP contribution in [-0.2, 0) is 14.4 Å². The number of carbonyl (C=O) groups is 3. The summed E-state index contributed by atoms with van der Waals surface area (Å²) in [5, 5.41) is 4.06. The van der Waals surface area contributed by atoms with E-state index in [-0.39, 0.29) is 29.6 Å². The normalized spacial score (nSPS) is 20.4. The molecule has 1 amide bonds. The van der Waals surface area contributed by atoms with Crippen molar-refractivity contribution in [2.45, 2.75) is 58.5 Å². The van der Waals surface area contributed by atoms with Crippen LogP contribution in [0.5, 0.6) is 0 Å². The van der Waals surface area contributed by atoms with Gasteiger partial charge < -0.3 is 15.5 Å². The number of thiazole rings is 1. The van der Waals surface area contributed by atoms with Gasteiger partial charge in [-0.25, -0.2) is 14.2 Å². The second-order valence-corrected chi connectivity index (χ2v) is 11.4. The van der Waals surface area contributed by atoms with Crippen LogP contribution in [0.1, 0.15) is 73.6 Å². The third kappa shape index (κ3) is 5.82. The van der Waals surface area contributed by atoms with E-state index in [1.54, 1.807) is 15.3 Å². The van der Waals surface area contributed by atoms with Gasteiger partial charge in [0.05, 0.1) is 17.5 Å². The largest absolute Gasteiger partial charge is 0.367 e. The van der Waals surface area contributed by atoms with Crippen LogP contribution in [0.2, 0.25) is 0 Å². The van der Waals surface area contributed by atoms with E-state index in [0.29, 0.717) is 48.7 Å². The van der Waals surface area contributed by atoms with Gasteiger partial charge in [-0.3, -0.25) is 9.59 Å². The first-order valence-electron chi connectivity index (χ1n) is 12.3. The molecule has 3 heterocycles. The maximum atomic E-state index is 13.4. The number of hydrogen-bond acceptors (Lipinski definition) is 8. The van der Waals surface area contributed by atoms with Crippen molar-refractivity contribution in [1.82, 2.24) is 14.9 Å². The lowest BCUT2D eigenvalue weighted by molar-refractivity contribution is -0.206. The Morgan fingerprint density at radius 1 is 1.11 bits per heavy atom. The highest BCUT2D eigenvalue weighted by Crippen LogP contribution is 2.35. The number of carbonyl (C=O) groups excluding carboxylic acids is 3. The monoisotopic (exact) mass is 516 g/mol. The second kappa shape index (κ2) is 10.7. The van der Waals surface area contributed by atoms with Crippen LogP contribution in [0.3, 0.4) is 0 Å². The second-order valence-electron chi connectivity index (χ2n) is 10.5. The molecule has 194 valence electrons. The fraction of sp³-hybridized carbons (Fsp3) is 0.538. The molecular weight excluding hydrogens is 483 g/mol. The van der Waals surface area contributed by atoms with Gasteiger partial charge in [-0.15, -0.1) is 16.4 Å². The summed E-state index contributed by atoms with van der Waals surface area (Å²) in [7, 11) is 0. The number of hydrogen-bond donors (Lipinski definition) is 1. The summed E-state index contributed by atoms with van der Waals surface area (Å²) in [6.45, 7) is 7.12. The van der Waals surface area contributed by atoms with E-state index in [1.165, 1.54) is 35.6 Å². The van der Waals surface area contributed by atoms with Crippen molar-refractivity contribution in [3.8, 4) is 0 Å². The highest BCUT2D eigenvalue weighted by molar-refractivity contribution is 7.10. The first-order chi connectivity index (χ1) is 17.0. The van der Waals surface area contributed by atoms with Crippen molar-refractivity contribution < 1.29 is 23.6 Å². The molecule has 2 saturated heterocycles. The third-order valence-corrected chi connectivity index (χ3v) is 7.74. The number of likely N-dealkylation sites (tertiary alicyclic amines) is 1. The lowest BCUT2D eigenvalue weighted by Gasteiger charge is -2.36. The molecule has 1 aromatic heterocycles. The number of halogens is 1. The Bertz CT molecular complexity index is 1110. The number of amides is 1. The number of piperidine rings is 1. The molecule has 0 unspecified atom stereocenters. The van der Waals surface area contributed by atoms with Crippen LogP contribution in [0, 0.1) is 17.2 Å². The molecule has 0 bridgehead atoms. The number of rotatable bonds is 6. The Balaban J connectivity index is 1.36. The predicted molar refractivity (Wildman–Crippen MR) is 133 cm³/mol. The van der Waals surface area contributed by atoms with E-state index in [4.69, 9.17) is 10.6 Å². The maximum absolute atomic E-state index is 13.4. The van der Waals surface area contributed by atoms with Crippen LogP contribution in [-0.4, -0.2) is 58.3 Å². The molecule has 4 rings (SSSR count). The zero-order valence-corrected chi connectivity index (χ0v) is 21.7. The van der Waals surface area contributed by atoms with Gasteiger partial charge in [-0.1, -0.05) is 0 Å². The van der Waals surface area contributed by atoms with Crippen molar-refractivity contribution in [3.05, 3.63) is 51.7 Å². The molecule has 0 spiro atoms. The molecule has 36 heavy (non-hydrogen) atoms. The summed E-state index contributed by atoms with van der Waals surface area (Å²) in [6, 6.07) is 4.52. The molecule has 0 aliphatic carbocycles. The zero-order chi connectivity index (χ0) is 26.0. The number of hydroxylamine groups is 2. The molecule has 2 atom stereocenters. The summed E-state index contributed by atoms with van der Waals surface area (Å²) in [5.74, 6) is -1.07. The lowest BCUT2D eigenvalue weighted by Crippen LogP contribution is -2.50. The molecule has 1 aromatic carbocycles. The number of nitrogens with zero attached hydrogens (tertiary/aromatic N) is 3. The molecular formula is C26H33FN4O4S. The fourth-order valence-corrected chi connectivity index (χ4v) is 5.50. The Kier molecular flexibility index (Phi) is 7.87. The van der Waals surface area contributed by atoms with Crippen LogP contribution >= 0.6 is 11.3 Å². The highest BCUT2D eigenvalue weighted by Gasteiger charge is 2.38. The standard InChI is InChI=1S/C26H33FN4O4S/c1-26(2,3)25(34)35-30-13-10-16(11-14-30)21(28)24(33)31-12-4-5-20(31)23-29-19(15-36-23)22(32)17-6-8-18(27)9-7-17/h6-9,15-16,20-21H,4-5,10-14,28H2,1-3H3/t20-,21-/m0/s1. The molecule has 2 aliphatic rings. The summed E-state index contributed by atoms with van der Waals surface area (Å²) >= 11 is 1.35. The Morgan fingerprint density at radius 2 is 1.78 bits per heavy atom. The first kappa shape index (κ1) is 26.4. The molecule has 0 radical (unpaired) electrons. The fourth-order valence-electron chi connectivity index (χ4n) is 4.55. The quantitative estimate of drug-likeness (QED) is 0.584. The van der Waals surface area contributed by atoms with E-state index in [1.807, 2.05) is 20.8 Å². The average Bonchev–Trinajstić information content (AvgIpc) is 3.53. The molecule has 2 aromatic rings. The van der Waals surface area contributed by atoms with Crippen molar-refractivity contribution in [1.29, 1.82) is 0 Å². The lowest BCUT2D eigenvalue weighted by atomic mass is 9.89. The number of aromatic nitrogens is 1. The van der Waals surface area contributed by atoms with Crippen molar-refractivity contribution in [2.24, 2.45) is 17.1 Å². The minimum absolute atomic E-state index is 0.00440. The van der Waals surface area contributed by atoms with Gasteiger partial charge in [0, 0.05) is 30.6 Å². The van der Waals surface area contributed by atoms with Gasteiger partial charge in [-0.05, 0) is 76.6 Å². The summed E-state index contributed by atoms with van der Waals surface area (Å²) in [4.78, 5) is 50.1. The molecule has 2 N–H and O–H groups in total. The van der Waals surface area contributed by atoms with Crippen molar-refractivity contribution >= 4 is 29.0 Å². The zero-order valence-electron chi connectivity index (χ0n) is 20.9. The topological polar surface area (TPSA) is 106 Å². The Morgan fingerprint density at radius 3 is 2.42 bits per heavy atom. The Labute approximate surface area is 214 Å². The summed E-state index contributed by atoms with van der Waals surface area (Å²) in [6.07, 6.45) is 2.93. The number of nitrogens with two attached hydrogens (primary N) is 1. The van der Waals surface area contributed by atoms with Crippen molar-refractivity contribution in [3.63, 3.8) is 0 Å². The van der Waals surface area contributed by atoms with Crippen LogP contribution < -0.4 is 5.73 Å². The first-order valence-corrected chi connectivity index (χ1v) is 13.2. The Hall–Kier alpha value is -2.69. The van der Waals surface area contributed by atoms with Crippen molar-refractivity contribution in [2.75, 3.05) is 19.6 Å². The SMILES string of the molecule is CC(C)(C)C(=O)ON1CCC([C@H](N)C(=O)N2CCC[C@H]2c2nc(C(=O)c3ccc(F)cc3)cs2)CC1. The molecule has 2 aliphatic heterocycles. The van der Waals surface area contributed by atoms with Gasteiger partial charge >= 0.3 is 5.97 Å². The van der Waals surface area contributed by atoms with Gasteiger partial charge in [0.1, 0.15) is 16.5 Å². The molecule has 0 saturated carbocycles. The summed E-state index contributed by atoms with van der Waals surface area (Å²) < 4.78 is 13.2. The third-order valence-electron chi connectivity index (χ3n) is 6.80. The predicted octanol–water partition coefficient (Wildman–Crippen LogP) is 3.72. The van der Waals surface area contributed by atoms with E-state index in [2.05, 4.69) is 4.98 Å². The van der Waals surface area contributed by atoms with Gasteiger partial charge in [0.15, 0.2) is 0 Å².